The van der Waals surface area contributed by atoms with Gasteiger partial charge in [0.2, 0.25) is 11.8 Å². The first-order valence-corrected chi connectivity index (χ1v) is 9.27. The number of carbonyl (C=O) groups excluding carboxylic acids is 2. The highest BCUT2D eigenvalue weighted by Crippen LogP contribution is 2.31. The normalized spacial score (nSPS) is 11.8. The summed E-state index contributed by atoms with van der Waals surface area (Å²) in [6.45, 7) is 5.82. The van der Waals surface area contributed by atoms with Gasteiger partial charge in [0.05, 0.1) is 19.1 Å². The smallest absolute Gasteiger partial charge is 0.224 e. The molecule has 1 heterocycles. The number of anilines is 1. The molecule has 0 radical (unpaired) electrons. The summed E-state index contributed by atoms with van der Waals surface area (Å²) in [6, 6.07) is 14.6. The second-order valence-corrected chi connectivity index (χ2v) is 6.60. The largest absolute Gasteiger partial charge is 0.490 e. The van der Waals surface area contributed by atoms with E-state index >= 15 is 0 Å². The maximum Gasteiger partial charge on any atom is 0.224 e. The van der Waals surface area contributed by atoms with Crippen LogP contribution in [0, 0.1) is 0 Å². The molecule has 2 amide bonds. The Morgan fingerprint density at radius 2 is 1.89 bits per heavy atom. The molecule has 2 aromatic carbocycles. The molecule has 3 aromatic rings. The molecule has 1 atom stereocenters. The van der Waals surface area contributed by atoms with E-state index in [1.54, 1.807) is 12.1 Å². The van der Waals surface area contributed by atoms with Crippen molar-refractivity contribution in [3.8, 4) is 5.75 Å². The van der Waals surface area contributed by atoms with E-state index in [1.807, 2.05) is 50.2 Å². The third kappa shape index (κ3) is 4.71. The molecule has 1 unspecified atom stereocenters. The highest BCUT2D eigenvalue weighted by atomic mass is 16.5. The number of fused-ring (bicyclic) bond motifs is 1. The molecule has 3 rings (SSSR count). The van der Waals surface area contributed by atoms with E-state index in [9.17, 15) is 9.59 Å². The van der Waals surface area contributed by atoms with E-state index < -0.39 is 0 Å². The summed E-state index contributed by atoms with van der Waals surface area (Å²) < 4.78 is 11.5. The molecule has 6 heteroatoms. The maximum atomic E-state index is 12.4. The number of hydrogen-bond donors (Lipinski definition) is 2. The lowest BCUT2D eigenvalue weighted by atomic mass is 10.1. The average Bonchev–Trinajstić information content (AvgIpc) is 3.09. The number of ether oxygens (including phenoxy) is 1. The standard InChI is InChI=1S/C22H24N2O4/c1-4-27-19-7-5-6-17-13-20(28-22(17)19)14(2)23-21(26)12-16-8-10-18(11-9-16)24-15(3)25/h5-11,13-14H,4,12H2,1-3H3,(H,23,26)(H,24,25). The number of benzene rings is 2. The first-order valence-electron chi connectivity index (χ1n) is 9.27. The molecule has 28 heavy (non-hydrogen) atoms. The van der Waals surface area contributed by atoms with E-state index in [0.717, 1.165) is 10.9 Å². The molecule has 0 saturated carbocycles. The van der Waals surface area contributed by atoms with Gasteiger partial charge >= 0.3 is 0 Å². The van der Waals surface area contributed by atoms with Gasteiger partial charge in [-0.25, -0.2) is 0 Å². The second kappa shape index (κ2) is 8.61. The number of nitrogens with one attached hydrogen (secondary N) is 2. The van der Waals surface area contributed by atoms with Gasteiger partial charge in [-0.1, -0.05) is 24.3 Å². The molecule has 0 fully saturated rings. The number of furan rings is 1. The van der Waals surface area contributed by atoms with Crippen molar-refractivity contribution in [3.05, 3.63) is 59.9 Å². The summed E-state index contributed by atoms with van der Waals surface area (Å²) in [5.74, 6) is 1.14. The number of carbonyl (C=O) groups is 2. The van der Waals surface area contributed by atoms with Crippen LogP contribution in [0.5, 0.6) is 5.75 Å². The lowest BCUT2D eigenvalue weighted by molar-refractivity contribution is -0.121. The zero-order valence-corrected chi connectivity index (χ0v) is 16.2. The third-order valence-electron chi connectivity index (χ3n) is 4.27. The van der Waals surface area contributed by atoms with Crippen molar-refractivity contribution in [2.75, 3.05) is 11.9 Å². The summed E-state index contributed by atoms with van der Waals surface area (Å²) in [6.07, 6.45) is 0.245. The number of rotatable bonds is 7. The Morgan fingerprint density at radius 3 is 2.57 bits per heavy atom. The molecular weight excluding hydrogens is 356 g/mol. The predicted molar refractivity (Wildman–Crippen MR) is 108 cm³/mol. The van der Waals surface area contributed by atoms with Gasteiger partial charge < -0.3 is 19.8 Å². The second-order valence-electron chi connectivity index (χ2n) is 6.60. The van der Waals surface area contributed by atoms with E-state index in [1.165, 1.54) is 6.92 Å². The number of para-hydroxylation sites is 1. The van der Waals surface area contributed by atoms with Gasteiger partial charge in [-0.2, -0.15) is 0 Å². The van der Waals surface area contributed by atoms with Crippen LogP contribution < -0.4 is 15.4 Å². The van der Waals surface area contributed by atoms with Crippen LogP contribution in [0.1, 0.15) is 38.1 Å². The zero-order chi connectivity index (χ0) is 20.1. The molecule has 0 spiro atoms. The van der Waals surface area contributed by atoms with Crippen molar-refractivity contribution in [1.82, 2.24) is 5.32 Å². The van der Waals surface area contributed by atoms with E-state index in [2.05, 4.69) is 10.6 Å². The fourth-order valence-electron chi connectivity index (χ4n) is 3.00. The van der Waals surface area contributed by atoms with Crippen molar-refractivity contribution in [2.24, 2.45) is 0 Å². The van der Waals surface area contributed by atoms with Crippen LogP contribution in [0.4, 0.5) is 5.69 Å². The van der Waals surface area contributed by atoms with Gasteiger partial charge in [-0.05, 0) is 43.7 Å². The monoisotopic (exact) mass is 380 g/mol. The molecule has 146 valence electrons. The van der Waals surface area contributed by atoms with Crippen molar-refractivity contribution in [2.45, 2.75) is 33.2 Å². The molecule has 0 aliphatic carbocycles. The molecule has 0 bridgehead atoms. The van der Waals surface area contributed by atoms with Crippen molar-refractivity contribution < 1.29 is 18.7 Å². The minimum absolute atomic E-state index is 0.106. The quantitative estimate of drug-likeness (QED) is 0.643. The van der Waals surface area contributed by atoms with Crippen LogP contribution in [-0.2, 0) is 16.0 Å². The van der Waals surface area contributed by atoms with Crippen molar-refractivity contribution >= 4 is 28.5 Å². The molecular formula is C22H24N2O4. The third-order valence-corrected chi connectivity index (χ3v) is 4.27. The van der Waals surface area contributed by atoms with Crippen LogP contribution in [0.2, 0.25) is 0 Å². The van der Waals surface area contributed by atoms with E-state index in [4.69, 9.17) is 9.15 Å². The number of amides is 2. The zero-order valence-electron chi connectivity index (χ0n) is 16.2. The Kier molecular flexibility index (Phi) is 5.99. The highest BCUT2D eigenvalue weighted by molar-refractivity contribution is 5.88. The van der Waals surface area contributed by atoms with Gasteiger partial charge in [0.25, 0.3) is 0 Å². The van der Waals surface area contributed by atoms with Gasteiger partial charge in [0.1, 0.15) is 5.76 Å². The topological polar surface area (TPSA) is 80.6 Å². The van der Waals surface area contributed by atoms with E-state index in [0.29, 0.717) is 29.4 Å². The number of hydrogen-bond acceptors (Lipinski definition) is 4. The summed E-state index contributed by atoms with van der Waals surface area (Å²) in [5.41, 5.74) is 2.26. The summed E-state index contributed by atoms with van der Waals surface area (Å²) in [5, 5.41) is 6.60. The lowest BCUT2D eigenvalue weighted by Gasteiger charge is -2.12. The molecule has 0 aliphatic heterocycles. The maximum absolute atomic E-state index is 12.4. The Bertz CT molecular complexity index is 976. The Morgan fingerprint density at radius 1 is 1.14 bits per heavy atom. The van der Waals surface area contributed by atoms with Gasteiger partial charge in [0, 0.05) is 18.0 Å². The summed E-state index contributed by atoms with van der Waals surface area (Å²) >= 11 is 0. The Labute approximate surface area is 163 Å². The minimum atomic E-state index is -0.270. The summed E-state index contributed by atoms with van der Waals surface area (Å²) in [4.78, 5) is 23.5. The van der Waals surface area contributed by atoms with Crippen LogP contribution in [0.3, 0.4) is 0 Å². The Hall–Kier alpha value is -3.28. The van der Waals surface area contributed by atoms with Crippen LogP contribution in [-0.4, -0.2) is 18.4 Å². The average molecular weight is 380 g/mol. The fraction of sp³-hybridized carbons (Fsp3) is 0.273. The molecule has 0 saturated heterocycles. The van der Waals surface area contributed by atoms with Crippen LogP contribution in [0.25, 0.3) is 11.0 Å². The molecule has 6 nitrogen and oxygen atoms in total. The Balaban J connectivity index is 1.64. The first kappa shape index (κ1) is 19.5. The van der Waals surface area contributed by atoms with Gasteiger partial charge in [-0.15, -0.1) is 0 Å². The van der Waals surface area contributed by atoms with Crippen LogP contribution >= 0.6 is 0 Å². The molecule has 2 N–H and O–H groups in total. The van der Waals surface area contributed by atoms with Crippen molar-refractivity contribution in [3.63, 3.8) is 0 Å². The SMILES string of the molecule is CCOc1cccc2cc(C(C)NC(=O)Cc3ccc(NC(C)=O)cc3)oc12. The first-order chi connectivity index (χ1) is 13.5. The summed E-state index contributed by atoms with van der Waals surface area (Å²) in [7, 11) is 0. The van der Waals surface area contributed by atoms with Gasteiger partial charge in [0.15, 0.2) is 11.3 Å². The molecule has 1 aromatic heterocycles. The minimum Gasteiger partial charge on any atom is -0.490 e. The predicted octanol–water partition coefficient (Wildman–Crippen LogP) is 4.21. The van der Waals surface area contributed by atoms with Crippen molar-refractivity contribution in [1.29, 1.82) is 0 Å². The van der Waals surface area contributed by atoms with Crippen LogP contribution in [0.15, 0.2) is 52.9 Å². The van der Waals surface area contributed by atoms with E-state index in [-0.39, 0.29) is 24.3 Å². The highest BCUT2D eigenvalue weighted by Gasteiger charge is 2.16. The lowest BCUT2D eigenvalue weighted by Crippen LogP contribution is -2.27. The van der Waals surface area contributed by atoms with Gasteiger partial charge in [-0.3, -0.25) is 9.59 Å². The fourth-order valence-corrected chi connectivity index (χ4v) is 3.00. The molecule has 0 aliphatic rings.